The molecule has 86 valence electrons. The van der Waals surface area contributed by atoms with Gasteiger partial charge in [0.25, 0.3) is 0 Å². The van der Waals surface area contributed by atoms with Crippen LogP contribution in [0.2, 0.25) is 0 Å². The topological polar surface area (TPSA) is 65.0 Å². The van der Waals surface area contributed by atoms with E-state index < -0.39 is 24.0 Å². The lowest BCUT2D eigenvalue weighted by molar-refractivity contribution is -0.164. The molecule has 2 fully saturated rings. The molecule has 15 heavy (non-hydrogen) atoms. The van der Waals surface area contributed by atoms with E-state index in [2.05, 4.69) is 0 Å². The van der Waals surface area contributed by atoms with Crippen LogP contribution in [0.5, 0.6) is 0 Å². The van der Waals surface area contributed by atoms with Gasteiger partial charge in [-0.15, -0.1) is 0 Å². The fraction of sp³-hybridized carbons (Fsp3) is 0.900. The second kappa shape index (κ2) is 3.43. The molecule has 0 radical (unpaired) electrons. The SMILES string of the molecule is C[C@H]1OC(C)(C)O[C@H]1[C@H]1C[C@H](O)C(=O)O1. The van der Waals surface area contributed by atoms with Crippen molar-refractivity contribution in [1.29, 1.82) is 0 Å². The predicted molar refractivity (Wildman–Crippen MR) is 50.0 cm³/mol. The average molecular weight is 216 g/mol. The highest BCUT2D eigenvalue weighted by molar-refractivity contribution is 5.76. The predicted octanol–water partition coefficient (Wildman–Crippen LogP) is 0.203. The first-order valence-electron chi connectivity index (χ1n) is 5.13. The number of hydrogen-bond acceptors (Lipinski definition) is 5. The lowest BCUT2D eigenvalue weighted by atomic mass is 10.1. The first-order chi connectivity index (χ1) is 6.89. The first-order valence-corrected chi connectivity index (χ1v) is 5.13. The number of carbonyl (C=O) groups is 1. The minimum absolute atomic E-state index is 0.136. The zero-order chi connectivity index (χ0) is 11.2. The first kappa shape index (κ1) is 10.9. The molecule has 2 saturated heterocycles. The van der Waals surface area contributed by atoms with Gasteiger partial charge >= 0.3 is 5.97 Å². The Morgan fingerprint density at radius 1 is 1.40 bits per heavy atom. The fourth-order valence-corrected chi connectivity index (χ4v) is 2.14. The maximum Gasteiger partial charge on any atom is 0.335 e. The summed E-state index contributed by atoms with van der Waals surface area (Å²) in [5.41, 5.74) is 0. The Kier molecular flexibility index (Phi) is 2.48. The molecule has 0 amide bonds. The smallest absolute Gasteiger partial charge is 0.335 e. The molecule has 0 aliphatic carbocycles. The number of rotatable bonds is 1. The van der Waals surface area contributed by atoms with Crippen LogP contribution in [0.25, 0.3) is 0 Å². The molecule has 2 rings (SSSR count). The summed E-state index contributed by atoms with van der Waals surface area (Å²) in [6.45, 7) is 5.51. The van der Waals surface area contributed by atoms with Crippen molar-refractivity contribution >= 4 is 5.97 Å². The van der Waals surface area contributed by atoms with Gasteiger partial charge in [-0.1, -0.05) is 0 Å². The molecule has 2 aliphatic rings. The van der Waals surface area contributed by atoms with Crippen LogP contribution in [0.3, 0.4) is 0 Å². The third kappa shape index (κ3) is 2.00. The lowest BCUT2D eigenvalue weighted by Gasteiger charge is -2.20. The van der Waals surface area contributed by atoms with E-state index in [0.717, 1.165) is 0 Å². The monoisotopic (exact) mass is 216 g/mol. The van der Waals surface area contributed by atoms with Gasteiger partial charge in [0.05, 0.1) is 6.10 Å². The fourth-order valence-electron chi connectivity index (χ4n) is 2.14. The molecule has 5 nitrogen and oxygen atoms in total. The van der Waals surface area contributed by atoms with Gasteiger partial charge < -0.3 is 19.3 Å². The molecule has 5 heteroatoms. The summed E-state index contributed by atoms with van der Waals surface area (Å²) in [5, 5.41) is 9.27. The quantitative estimate of drug-likeness (QED) is 0.634. The summed E-state index contributed by atoms with van der Waals surface area (Å²) in [7, 11) is 0. The molecule has 0 unspecified atom stereocenters. The van der Waals surface area contributed by atoms with Crippen LogP contribution in [-0.4, -0.2) is 41.3 Å². The van der Waals surface area contributed by atoms with Crippen LogP contribution >= 0.6 is 0 Å². The van der Waals surface area contributed by atoms with E-state index >= 15 is 0 Å². The molecular weight excluding hydrogens is 200 g/mol. The minimum Gasteiger partial charge on any atom is -0.457 e. The van der Waals surface area contributed by atoms with E-state index in [9.17, 15) is 9.90 Å². The van der Waals surface area contributed by atoms with Crippen LogP contribution < -0.4 is 0 Å². The molecule has 4 atom stereocenters. The number of aliphatic hydroxyl groups excluding tert-OH is 1. The lowest BCUT2D eigenvalue weighted by Crippen LogP contribution is -2.34. The number of esters is 1. The minimum atomic E-state index is -1.02. The van der Waals surface area contributed by atoms with Crippen molar-refractivity contribution in [2.45, 2.75) is 57.4 Å². The molecule has 0 spiro atoms. The van der Waals surface area contributed by atoms with Crippen LogP contribution in [-0.2, 0) is 19.0 Å². The largest absolute Gasteiger partial charge is 0.457 e. The van der Waals surface area contributed by atoms with E-state index in [-0.39, 0.29) is 18.6 Å². The Morgan fingerprint density at radius 3 is 2.47 bits per heavy atom. The van der Waals surface area contributed by atoms with Crippen molar-refractivity contribution in [2.75, 3.05) is 0 Å². The van der Waals surface area contributed by atoms with E-state index in [4.69, 9.17) is 14.2 Å². The van der Waals surface area contributed by atoms with Gasteiger partial charge in [0.2, 0.25) is 0 Å². The normalized spacial score (nSPS) is 44.4. The highest BCUT2D eigenvalue weighted by Gasteiger charge is 2.48. The highest BCUT2D eigenvalue weighted by Crippen LogP contribution is 2.33. The van der Waals surface area contributed by atoms with Gasteiger partial charge in [0, 0.05) is 6.42 Å². The summed E-state index contributed by atoms with van der Waals surface area (Å²) >= 11 is 0. The Hall–Kier alpha value is -0.650. The molecule has 0 bridgehead atoms. The summed E-state index contributed by atoms with van der Waals surface area (Å²) < 4.78 is 16.2. The van der Waals surface area contributed by atoms with Crippen LogP contribution in [0.1, 0.15) is 27.2 Å². The molecule has 2 aliphatic heterocycles. The Labute approximate surface area is 88.3 Å². The Morgan fingerprint density at radius 2 is 2.07 bits per heavy atom. The van der Waals surface area contributed by atoms with E-state index in [1.54, 1.807) is 0 Å². The van der Waals surface area contributed by atoms with E-state index in [1.807, 2.05) is 20.8 Å². The van der Waals surface area contributed by atoms with Gasteiger partial charge in [-0.2, -0.15) is 0 Å². The van der Waals surface area contributed by atoms with E-state index in [1.165, 1.54) is 0 Å². The standard InChI is InChI=1S/C10H16O5/c1-5-8(15-10(2,3)14-5)7-4-6(11)9(12)13-7/h5-8,11H,4H2,1-3H3/t5-,6+,7-,8-/m1/s1. The van der Waals surface area contributed by atoms with Crippen molar-refractivity contribution in [1.82, 2.24) is 0 Å². The van der Waals surface area contributed by atoms with Crippen molar-refractivity contribution in [3.63, 3.8) is 0 Å². The maximum absolute atomic E-state index is 11.0. The third-order valence-electron chi connectivity index (χ3n) is 2.71. The second-order valence-corrected chi connectivity index (χ2v) is 4.53. The summed E-state index contributed by atoms with van der Waals surface area (Å²) in [6, 6.07) is 0. The van der Waals surface area contributed by atoms with Crippen molar-refractivity contribution < 1.29 is 24.1 Å². The zero-order valence-electron chi connectivity index (χ0n) is 9.10. The van der Waals surface area contributed by atoms with Gasteiger partial charge in [-0.25, -0.2) is 4.79 Å². The molecule has 0 saturated carbocycles. The van der Waals surface area contributed by atoms with Crippen LogP contribution in [0.15, 0.2) is 0 Å². The van der Waals surface area contributed by atoms with Gasteiger partial charge in [-0.3, -0.25) is 0 Å². The molecule has 0 aromatic heterocycles. The van der Waals surface area contributed by atoms with Gasteiger partial charge in [-0.05, 0) is 20.8 Å². The molecule has 2 heterocycles. The van der Waals surface area contributed by atoms with Crippen molar-refractivity contribution in [3.05, 3.63) is 0 Å². The Bertz CT molecular complexity index is 275. The summed E-state index contributed by atoms with van der Waals surface area (Å²) in [6.07, 6.45) is -1.56. The van der Waals surface area contributed by atoms with Crippen LogP contribution in [0, 0.1) is 0 Å². The number of carbonyl (C=O) groups excluding carboxylic acids is 1. The number of ether oxygens (including phenoxy) is 3. The highest BCUT2D eigenvalue weighted by atomic mass is 16.8. The molecular formula is C10H16O5. The molecule has 0 aromatic rings. The second-order valence-electron chi connectivity index (χ2n) is 4.53. The third-order valence-corrected chi connectivity index (χ3v) is 2.71. The van der Waals surface area contributed by atoms with Crippen LogP contribution in [0.4, 0.5) is 0 Å². The maximum atomic E-state index is 11.0. The van der Waals surface area contributed by atoms with Crippen molar-refractivity contribution in [3.8, 4) is 0 Å². The molecule has 1 N–H and O–H groups in total. The van der Waals surface area contributed by atoms with Gasteiger partial charge in [0.15, 0.2) is 11.9 Å². The van der Waals surface area contributed by atoms with Crippen molar-refractivity contribution in [2.24, 2.45) is 0 Å². The number of aliphatic hydroxyl groups is 1. The summed E-state index contributed by atoms with van der Waals surface area (Å²) in [5.74, 6) is -1.22. The average Bonchev–Trinajstić information content (AvgIpc) is 2.54. The zero-order valence-corrected chi connectivity index (χ0v) is 9.10. The van der Waals surface area contributed by atoms with E-state index in [0.29, 0.717) is 0 Å². The van der Waals surface area contributed by atoms with Gasteiger partial charge in [0.1, 0.15) is 12.2 Å². The molecule has 0 aromatic carbocycles. The Balaban J connectivity index is 2.04. The summed E-state index contributed by atoms with van der Waals surface area (Å²) in [4.78, 5) is 11.0. The number of cyclic esters (lactones) is 1. The number of hydrogen-bond donors (Lipinski definition) is 1.